The maximum absolute atomic E-state index is 13.0. The molecule has 2 nitrogen and oxygen atoms in total. The molecular weight excluding hydrogens is 387 g/mol. The summed E-state index contributed by atoms with van der Waals surface area (Å²) in [5.41, 5.74) is 5.60. The lowest BCUT2D eigenvalue weighted by atomic mass is 9.74. The molecule has 0 amide bonds. The number of phenols is 1. The molecule has 2 aromatic carbocycles. The Morgan fingerprint density at radius 2 is 1.90 bits per heavy atom. The van der Waals surface area contributed by atoms with Crippen LogP contribution >= 0.6 is 0 Å². The van der Waals surface area contributed by atoms with Crippen LogP contribution in [0.25, 0.3) is 5.57 Å². The van der Waals surface area contributed by atoms with Gasteiger partial charge in [-0.05, 0) is 111 Å². The third kappa shape index (κ3) is 4.66. The monoisotopic (exact) mass is 422 g/mol. The molecule has 0 saturated carbocycles. The van der Waals surface area contributed by atoms with Gasteiger partial charge in [-0.2, -0.15) is 0 Å². The van der Waals surface area contributed by atoms with Gasteiger partial charge in [0.05, 0.1) is 5.56 Å². The van der Waals surface area contributed by atoms with Crippen LogP contribution in [-0.2, 0) is 6.42 Å². The van der Waals surface area contributed by atoms with Gasteiger partial charge in [0.2, 0.25) is 0 Å². The van der Waals surface area contributed by atoms with E-state index in [-0.39, 0.29) is 11.4 Å². The highest BCUT2D eigenvalue weighted by molar-refractivity contribution is 5.81. The molecule has 31 heavy (non-hydrogen) atoms. The zero-order valence-corrected chi connectivity index (χ0v) is 19.3. The highest BCUT2D eigenvalue weighted by Gasteiger charge is 2.38. The number of hydrogen-bond acceptors (Lipinski definition) is 2. The van der Waals surface area contributed by atoms with E-state index in [1.165, 1.54) is 35.3 Å². The highest BCUT2D eigenvalue weighted by atomic mass is 19.1. The van der Waals surface area contributed by atoms with Gasteiger partial charge in [0.25, 0.3) is 0 Å². The Kier molecular flexibility index (Phi) is 6.14. The minimum atomic E-state index is -0.314. The van der Waals surface area contributed by atoms with Crippen molar-refractivity contribution in [3.63, 3.8) is 0 Å². The molecule has 166 valence electrons. The standard InChI is InChI=1S/C28H35FO2/c1-18-9-14-24-23(15-18)27-25(30)16-21(17-26(27)31-28(24,3)4)19(2)7-5-6-8-20-10-12-22(29)13-11-20/h10-13,16-19,30H,5-9,14-15H2,1-4H3. The van der Waals surface area contributed by atoms with Crippen LogP contribution in [0, 0.1) is 11.7 Å². The fraction of sp³-hybridized carbons (Fsp3) is 0.500. The lowest BCUT2D eigenvalue weighted by molar-refractivity contribution is 0.135. The van der Waals surface area contributed by atoms with Crippen molar-refractivity contribution in [2.75, 3.05) is 0 Å². The van der Waals surface area contributed by atoms with Crippen molar-refractivity contribution in [2.24, 2.45) is 5.92 Å². The van der Waals surface area contributed by atoms with E-state index in [1.807, 2.05) is 18.2 Å². The summed E-state index contributed by atoms with van der Waals surface area (Å²) in [6.07, 6.45) is 7.44. The molecule has 0 aromatic heterocycles. The minimum Gasteiger partial charge on any atom is -0.507 e. The number of aromatic hydroxyl groups is 1. The van der Waals surface area contributed by atoms with Crippen molar-refractivity contribution in [3.8, 4) is 11.5 Å². The molecule has 2 unspecified atom stereocenters. The Bertz CT molecular complexity index is 971. The van der Waals surface area contributed by atoms with E-state index in [4.69, 9.17) is 4.74 Å². The lowest BCUT2D eigenvalue weighted by Crippen LogP contribution is -2.36. The molecule has 4 rings (SSSR count). The number of allylic oxidation sites excluding steroid dienone is 1. The van der Waals surface area contributed by atoms with Crippen LogP contribution in [0.1, 0.15) is 88.8 Å². The molecule has 0 bridgehead atoms. The third-order valence-electron chi connectivity index (χ3n) is 7.14. The van der Waals surface area contributed by atoms with Crippen molar-refractivity contribution in [2.45, 2.75) is 84.2 Å². The summed E-state index contributed by atoms with van der Waals surface area (Å²) in [5, 5.41) is 11.0. The van der Waals surface area contributed by atoms with E-state index in [0.717, 1.165) is 55.4 Å². The van der Waals surface area contributed by atoms with Gasteiger partial charge in [-0.3, -0.25) is 0 Å². The van der Waals surface area contributed by atoms with Gasteiger partial charge in [-0.1, -0.05) is 32.4 Å². The van der Waals surface area contributed by atoms with E-state index in [0.29, 0.717) is 17.6 Å². The molecule has 1 heterocycles. The van der Waals surface area contributed by atoms with Crippen LogP contribution in [0.2, 0.25) is 0 Å². The maximum atomic E-state index is 13.0. The Labute approximate surface area is 186 Å². The Hall–Kier alpha value is -2.29. The predicted molar refractivity (Wildman–Crippen MR) is 125 cm³/mol. The van der Waals surface area contributed by atoms with Crippen LogP contribution in [0.3, 0.4) is 0 Å². The number of ether oxygens (including phenoxy) is 1. The Balaban J connectivity index is 1.46. The van der Waals surface area contributed by atoms with Gasteiger partial charge >= 0.3 is 0 Å². The maximum Gasteiger partial charge on any atom is 0.132 e. The number of phenolic OH excluding ortho intramolecular Hbond substituents is 1. The van der Waals surface area contributed by atoms with Crippen molar-refractivity contribution in [1.29, 1.82) is 0 Å². The Morgan fingerprint density at radius 1 is 1.16 bits per heavy atom. The number of hydrogen-bond donors (Lipinski definition) is 1. The number of aryl methyl sites for hydroxylation is 1. The van der Waals surface area contributed by atoms with Crippen molar-refractivity contribution >= 4 is 5.57 Å². The molecule has 0 spiro atoms. The smallest absolute Gasteiger partial charge is 0.132 e. The second-order valence-corrected chi connectivity index (χ2v) is 10.1. The number of unbranched alkanes of at least 4 members (excludes halogenated alkanes) is 1. The summed E-state index contributed by atoms with van der Waals surface area (Å²) in [5.74, 6) is 2.01. The fourth-order valence-corrected chi connectivity index (χ4v) is 5.26. The van der Waals surface area contributed by atoms with Crippen molar-refractivity contribution < 1.29 is 14.2 Å². The largest absolute Gasteiger partial charge is 0.507 e. The van der Waals surface area contributed by atoms with Crippen LogP contribution in [-0.4, -0.2) is 10.7 Å². The van der Waals surface area contributed by atoms with Gasteiger partial charge in [-0.15, -0.1) is 0 Å². The second kappa shape index (κ2) is 8.68. The highest BCUT2D eigenvalue weighted by Crippen LogP contribution is 2.52. The number of halogens is 1. The first-order chi connectivity index (χ1) is 14.7. The summed E-state index contributed by atoms with van der Waals surface area (Å²) in [6, 6.07) is 10.9. The first kappa shape index (κ1) is 21.9. The van der Waals surface area contributed by atoms with E-state index >= 15 is 0 Å². The van der Waals surface area contributed by atoms with Crippen LogP contribution in [0.5, 0.6) is 11.5 Å². The Morgan fingerprint density at radius 3 is 2.65 bits per heavy atom. The van der Waals surface area contributed by atoms with Crippen molar-refractivity contribution in [3.05, 3.63) is 64.5 Å². The van der Waals surface area contributed by atoms with Crippen LogP contribution < -0.4 is 4.74 Å². The quantitative estimate of drug-likeness (QED) is 0.481. The molecule has 0 fully saturated rings. The summed E-state index contributed by atoms with van der Waals surface area (Å²) in [6.45, 7) is 8.83. The summed E-state index contributed by atoms with van der Waals surface area (Å²) in [7, 11) is 0. The lowest BCUT2D eigenvalue weighted by Gasteiger charge is -2.41. The average Bonchev–Trinajstić information content (AvgIpc) is 2.71. The van der Waals surface area contributed by atoms with Crippen LogP contribution in [0.15, 0.2) is 42.0 Å². The molecular formula is C28H35FO2. The van der Waals surface area contributed by atoms with Gasteiger partial charge in [0.15, 0.2) is 0 Å². The SMILES string of the molecule is CC1CCC2=C(C1)c1c(O)cc(C(C)CCCCc3ccc(F)cc3)cc1OC2(C)C. The number of fused-ring (bicyclic) bond motifs is 2. The summed E-state index contributed by atoms with van der Waals surface area (Å²) in [4.78, 5) is 0. The molecule has 2 aromatic rings. The first-order valence-electron chi connectivity index (χ1n) is 11.8. The molecule has 1 N–H and O–H groups in total. The molecule has 0 radical (unpaired) electrons. The normalized spacial score (nSPS) is 20.6. The van der Waals surface area contributed by atoms with E-state index in [2.05, 4.69) is 33.8 Å². The number of rotatable bonds is 6. The predicted octanol–water partition coefficient (Wildman–Crippen LogP) is 7.79. The summed E-state index contributed by atoms with van der Waals surface area (Å²) >= 11 is 0. The molecule has 2 atom stereocenters. The third-order valence-corrected chi connectivity index (χ3v) is 7.14. The first-order valence-corrected chi connectivity index (χ1v) is 11.8. The van der Waals surface area contributed by atoms with Crippen molar-refractivity contribution in [1.82, 2.24) is 0 Å². The van der Waals surface area contributed by atoms with E-state index < -0.39 is 0 Å². The van der Waals surface area contributed by atoms with Gasteiger partial charge < -0.3 is 9.84 Å². The fourth-order valence-electron chi connectivity index (χ4n) is 5.26. The minimum absolute atomic E-state index is 0.180. The molecule has 1 aliphatic heterocycles. The molecule has 1 aliphatic carbocycles. The van der Waals surface area contributed by atoms with Gasteiger partial charge in [0, 0.05) is 0 Å². The van der Waals surface area contributed by atoms with E-state index in [9.17, 15) is 9.50 Å². The van der Waals surface area contributed by atoms with Gasteiger partial charge in [0.1, 0.15) is 22.9 Å². The average molecular weight is 423 g/mol. The molecule has 0 saturated heterocycles. The molecule has 3 heteroatoms. The van der Waals surface area contributed by atoms with E-state index in [1.54, 1.807) is 0 Å². The molecule has 2 aliphatic rings. The van der Waals surface area contributed by atoms with Crippen LogP contribution in [0.4, 0.5) is 4.39 Å². The zero-order chi connectivity index (χ0) is 22.2. The van der Waals surface area contributed by atoms with Gasteiger partial charge in [-0.25, -0.2) is 4.39 Å². The second-order valence-electron chi connectivity index (χ2n) is 10.1. The number of benzene rings is 2. The summed E-state index contributed by atoms with van der Waals surface area (Å²) < 4.78 is 19.5. The topological polar surface area (TPSA) is 29.5 Å². The zero-order valence-electron chi connectivity index (χ0n) is 19.3.